The molecule has 0 bridgehead atoms. The summed E-state index contributed by atoms with van der Waals surface area (Å²) in [5.41, 5.74) is 4.55. The van der Waals surface area contributed by atoms with E-state index in [0.717, 1.165) is 16.8 Å². The van der Waals surface area contributed by atoms with E-state index in [0.29, 0.717) is 12.1 Å². The molecular formula is C24H24N2O3. The molecule has 2 amide bonds. The third kappa shape index (κ3) is 4.91. The quantitative estimate of drug-likeness (QED) is 0.647. The minimum atomic E-state index is -0.374. The zero-order chi connectivity index (χ0) is 21.0. The molecule has 1 fully saturated rings. The van der Waals surface area contributed by atoms with Crippen LogP contribution < -0.4 is 10.2 Å². The summed E-state index contributed by atoms with van der Waals surface area (Å²) >= 11 is 0. The maximum Gasteiger partial charge on any atom is 0.227 e. The zero-order valence-corrected chi connectivity index (χ0v) is 16.9. The lowest BCUT2D eigenvalue weighted by Crippen LogP contribution is -2.33. The van der Waals surface area contributed by atoms with E-state index in [-0.39, 0.29) is 36.5 Å². The summed E-state index contributed by atoms with van der Waals surface area (Å²) in [7, 11) is 0. The first kappa shape index (κ1) is 20.3. The summed E-state index contributed by atoms with van der Waals surface area (Å²) in [6, 6.07) is 12.9. The van der Waals surface area contributed by atoms with Gasteiger partial charge >= 0.3 is 0 Å². The number of hydrogen-bond donors (Lipinski definition) is 1. The molecule has 1 N–H and O–H groups in total. The molecule has 5 nitrogen and oxygen atoms in total. The fourth-order valence-corrected chi connectivity index (χ4v) is 3.24. The van der Waals surface area contributed by atoms with Crippen molar-refractivity contribution in [3.8, 4) is 11.8 Å². The predicted octanol–water partition coefficient (Wildman–Crippen LogP) is 3.03. The molecule has 3 rings (SSSR count). The fourth-order valence-electron chi connectivity index (χ4n) is 3.24. The number of hydrogen-bond acceptors (Lipinski definition) is 3. The SMILES string of the molecule is CC(=O)c1ccc(C#CCNC(=O)C2CC(=O)N(c3ccc(C)c(C)c3)C2)cc1. The lowest BCUT2D eigenvalue weighted by atomic mass is 10.1. The fraction of sp³-hybridized carbons (Fsp3) is 0.292. The molecule has 0 aromatic heterocycles. The maximum atomic E-state index is 12.4. The molecule has 1 saturated heterocycles. The van der Waals surface area contributed by atoms with Crippen LogP contribution in [0, 0.1) is 31.6 Å². The Morgan fingerprint density at radius 2 is 1.83 bits per heavy atom. The molecule has 148 valence electrons. The Hall–Kier alpha value is -3.39. The molecule has 5 heteroatoms. The summed E-state index contributed by atoms with van der Waals surface area (Å²) in [5.74, 6) is 5.30. The van der Waals surface area contributed by atoms with Gasteiger partial charge in [-0.2, -0.15) is 0 Å². The maximum absolute atomic E-state index is 12.4. The second-order valence-electron chi connectivity index (χ2n) is 7.33. The Bertz CT molecular complexity index is 1010. The van der Waals surface area contributed by atoms with Crippen LogP contribution in [-0.4, -0.2) is 30.7 Å². The van der Waals surface area contributed by atoms with Gasteiger partial charge in [-0.1, -0.05) is 30.0 Å². The van der Waals surface area contributed by atoms with E-state index in [9.17, 15) is 14.4 Å². The van der Waals surface area contributed by atoms with Crippen molar-refractivity contribution in [3.05, 3.63) is 64.7 Å². The first-order chi connectivity index (χ1) is 13.8. The predicted molar refractivity (Wildman–Crippen MR) is 113 cm³/mol. The van der Waals surface area contributed by atoms with Gasteiger partial charge < -0.3 is 10.2 Å². The van der Waals surface area contributed by atoms with Crippen LogP contribution in [0.1, 0.15) is 40.4 Å². The molecule has 2 aromatic rings. The van der Waals surface area contributed by atoms with Crippen LogP contribution >= 0.6 is 0 Å². The summed E-state index contributed by atoms with van der Waals surface area (Å²) in [6.07, 6.45) is 0.207. The van der Waals surface area contributed by atoms with Crippen molar-refractivity contribution >= 4 is 23.3 Å². The molecule has 0 aliphatic carbocycles. The third-order valence-electron chi connectivity index (χ3n) is 5.17. The number of nitrogens with one attached hydrogen (secondary N) is 1. The minimum absolute atomic E-state index is 0.0118. The van der Waals surface area contributed by atoms with E-state index in [2.05, 4.69) is 17.2 Å². The highest BCUT2D eigenvalue weighted by Gasteiger charge is 2.34. The molecule has 0 saturated carbocycles. The second-order valence-corrected chi connectivity index (χ2v) is 7.33. The molecule has 1 heterocycles. The highest BCUT2D eigenvalue weighted by molar-refractivity contribution is 6.00. The average Bonchev–Trinajstić information content (AvgIpc) is 3.09. The molecule has 0 spiro atoms. The molecule has 1 aliphatic heterocycles. The topological polar surface area (TPSA) is 66.5 Å². The molecule has 1 aliphatic rings. The number of nitrogens with zero attached hydrogens (tertiary/aromatic N) is 1. The standard InChI is InChI=1S/C24H24N2O3/c1-16-6-11-22(13-17(16)2)26-15-21(14-23(26)28)24(29)25-12-4-5-19-7-9-20(10-8-19)18(3)27/h6-11,13,21H,12,14-15H2,1-3H3,(H,25,29). The Morgan fingerprint density at radius 3 is 2.48 bits per heavy atom. The monoisotopic (exact) mass is 388 g/mol. The number of Topliss-reactive ketones (excluding diaryl/α,β-unsaturated/α-hetero) is 1. The smallest absolute Gasteiger partial charge is 0.227 e. The van der Waals surface area contributed by atoms with Crippen molar-refractivity contribution in [2.75, 3.05) is 18.0 Å². The molecule has 0 radical (unpaired) electrons. The van der Waals surface area contributed by atoms with Crippen LogP contribution in [0.5, 0.6) is 0 Å². The second kappa shape index (κ2) is 8.74. The Labute approximate surface area is 171 Å². The number of ketones is 1. The largest absolute Gasteiger partial charge is 0.345 e. The Balaban J connectivity index is 1.54. The number of carbonyl (C=O) groups excluding carboxylic acids is 3. The summed E-state index contributed by atoms with van der Waals surface area (Å²) < 4.78 is 0. The van der Waals surface area contributed by atoms with E-state index < -0.39 is 0 Å². The van der Waals surface area contributed by atoms with Gasteiger partial charge in [-0.15, -0.1) is 0 Å². The Morgan fingerprint density at radius 1 is 1.10 bits per heavy atom. The summed E-state index contributed by atoms with van der Waals surface area (Å²) in [6.45, 7) is 6.15. The molecule has 1 unspecified atom stereocenters. The third-order valence-corrected chi connectivity index (χ3v) is 5.17. The van der Waals surface area contributed by atoms with Crippen LogP contribution in [0.4, 0.5) is 5.69 Å². The van der Waals surface area contributed by atoms with Gasteiger partial charge in [0.05, 0.1) is 12.5 Å². The van der Waals surface area contributed by atoms with E-state index >= 15 is 0 Å². The van der Waals surface area contributed by atoms with Gasteiger partial charge in [0.25, 0.3) is 0 Å². The lowest BCUT2D eigenvalue weighted by Gasteiger charge is -2.17. The van der Waals surface area contributed by atoms with Gasteiger partial charge in [-0.3, -0.25) is 14.4 Å². The molecule has 29 heavy (non-hydrogen) atoms. The van der Waals surface area contributed by atoms with Gasteiger partial charge in [0, 0.05) is 29.8 Å². The Kier molecular flexibility index (Phi) is 6.13. The van der Waals surface area contributed by atoms with Gasteiger partial charge in [0.15, 0.2) is 5.78 Å². The van der Waals surface area contributed by atoms with E-state index in [1.54, 1.807) is 29.2 Å². The van der Waals surface area contributed by atoms with Crippen LogP contribution in [0.3, 0.4) is 0 Å². The van der Waals surface area contributed by atoms with Crippen LogP contribution in [0.25, 0.3) is 0 Å². The van der Waals surface area contributed by atoms with Crippen LogP contribution in [0.2, 0.25) is 0 Å². The zero-order valence-electron chi connectivity index (χ0n) is 16.9. The summed E-state index contributed by atoms with van der Waals surface area (Å²) in [4.78, 5) is 37.7. The van der Waals surface area contributed by atoms with Gasteiger partial charge in [0.1, 0.15) is 0 Å². The van der Waals surface area contributed by atoms with Crippen LogP contribution in [0.15, 0.2) is 42.5 Å². The first-order valence-corrected chi connectivity index (χ1v) is 9.60. The van der Waals surface area contributed by atoms with Crippen molar-refractivity contribution in [1.82, 2.24) is 5.32 Å². The molecular weight excluding hydrogens is 364 g/mol. The minimum Gasteiger partial charge on any atom is -0.345 e. The normalized spacial score (nSPS) is 15.6. The number of rotatable bonds is 4. The number of benzene rings is 2. The van der Waals surface area contributed by atoms with Gasteiger partial charge in [-0.05, 0) is 56.2 Å². The van der Waals surface area contributed by atoms with Crippen molar-refractivity contribution in [3.63, 3.8) is 0 Å². The van der Waals surface area contributed by atoms with Crippen molar-refractivity contribution in [2.24, 2.45) is 5.92 Å². The van der Waals surface area contributed by atoms with Crippen LogP contribution in [-0.2, 0) is 9.59 Å². The lowest BCUT2D eigenvalue weighted by molar-refractivity contribution is -0.126. The van der Waals surface area contributed by atoms with E-state index in [1.165, 1.54) is 12.5 Å². The number of amides is 2. The van der Waals surface area contributed by atoms with E-state index in [4.69, 9.17) is 0 Å². The van der Waals surface area contributed by atoms with Gasteiger partial charge in [0.2, 0.25) is 11.8 Å². The van der Waals surface area contributed by atoms with E-state index in [1.807, 2.05) is 32.0 Å². The molecule has 1 atom stereocenters. The highest BCUT2D eigenvalue weighted by Crippen LogP contribution is 2.26. The summed E-state index contributed by atoms with van der Waals surface area (Å²) in [5, 5.41) is 2.79. The molecule has 2 aromatic carbocycles. The van der Waals surface area contributed by atoms with Crippen molar-refractivity contribution < 1.29 is 14.4 Å². The average molecular weight is 388 g/mol. The van der Waals surface area contributed by atoms with Gasteiger partial charge in [-0.25, -0.2) is 0 Å². The highest BCUT2D eigenvalue weighted by atomic mass is 16.2. The first-order valence-electron chi connectivity index (χ1n) is 9.60. The van der Waals surface area contributed by atoms with Crippen molar-refractivity contribution in [1.29, 1.82) is 0 Å². The number of anilines is 1. The van der Waals surface area contributed by atoms with Crippen molar-refractivity contribution in [2.45, 2.75) is 27.2 Å². The number of carbonyl (C=O) groups is 3. The number of aryl methyl sites for hydroxylation is 2.